The monoisotopic (exact) mass is 1250 g/mol. The summed E-state index contributed by atoms with van der Waals surface area (Å²) in [5, 5.41) is 19.5. The number of Topliss-reactive ketones (excluding diaryl/α,β-unsaturated/α-hetero) is 3. The predicted octanol–water partition coefficient (Wildman–Crippen LogP) is 13.4. The number of carbonyl (C=O) groups is 9. The van der Waals surface area contributed by atoms with Gasteiger partial charge in [-0.05, 0) is 144 Å². The second kappa shape index (κ2) is 50.5. The van der Waals surface area contributed by atoms with Gasteiger partial charge in [-0.3, -0.25) is 38.4 Å². The summed E-state index contributed by atoms with van der Waals surface area (Å²) in [6.07, 6.45) is -9.74. The molecule has 0 spiro atoms. The van der Waals surface area contributed by atoms with Gasteiger partial charge < -0.3 is 40.6 Å². The molecular formula is C70H134N4O13. The number of esters is 1. The van der Waals surface area contributed by atoms with Crippen LogP contribution in [0.25, 0.3) is 0 Å². The first kappa shape index (κ1) is 62.9. The van der Waals surface area contributed by atoms with Gasteiger partial charge in [-0.25, -0.2) is 4.79 Å². The number of carbonyl (C=O) groups excluding carboxylic acids is 8. The highest BCUT2D eigenvalue weighted by atomic mass is 16.6. The van der Waals surface area contributed by atoms with Crippen molar-refractivity contribution in [2.45, 2.75) is 281 Å². The number of epoxide rings is 2. The zero-order chi connectivity index (χ0) is 80.3. The van der Waals surface area contributed by atoms with Crippen LogP contribution in [0.15, 0.2) is 0 Å². The quantitative estimate of drug-likeness (QED) is 0.0284. The van der Waals surface area contributed by atoms with Crippen molar-refractivity contribution in [2.24, 2.45) is 82.8 Å². The normalized spacial score (nSPS) is 21.9. The molecule has 0 bridgehead atoms. The van der Waals surface area contributed by atoms with Crippen LogP contribution in [0.1, 0.15) is 277 Å². The largest absolute Gasteiger partial charge is 0.481 e. The van der Waals surface area contributed by atoms with Gasteiger partial charge in [0.05, 0.1) is 12.5 Å². The molecule has 2 rings (SSSR count). The zero-order valence-electron chi connectivity index (χ0n) is 72.0. The number of ketones is 3. The van der Waals surface area contributed by atoms with Gasteiger partial charge in [0.25, 0.3) is 0 Å². The topological polar surface area (TPSA) is 256 Å². The Morgan fingerprint density at radius 3 is 1.06 bits per heavy atom. The van der Waals surface area contributed by atoms with E-state index in [-0.39, 0.29) is 69.2 Å². The van der Waals surface area contributed by atoms with Gasteiger partial charge in [-0.2, -0.15) is 0 Å². The fraction of sp³-hybridized carbons (Fsp3) is 0.871. The summed E-state index contributed by atoms with van der Waals surface area (Å²) in [6, 6.07) is 0. The molecule has 17 nitrogen and oxygen atoms in total. The summed E-state index contributed by atoms with van der Waals surface area (Å²) in [5.41, 5.74) is 0. The van der Waals surface area contributed by atoms with Crippen LogP contribution in [-0.2, 0) is 57.4 Å². The maximum Gasteiger partial charge on any atom is 0.338 e. The molecule has 0 radical (unpaired) electrons. The Bertz CT molecular complexity index is 2590. The summed E-state index contributed by atoms with van der Waals surface area (Å²) < 4.78 is 133. The van der Waals surface area contributed by atoms with Crippen molar-refractivity contribution >= 4 is 52.9 Å². The average Bonchev–Trinajstić information content (AvgIpc) is 0.883. The Kier molecular flexibility index (Phi) is 36.5. The van der Waals surface area contributed by atoms with E-state index >= 15 is 0 Å². The van der Waals surface area contributed by atoms with E-state index in [1.54, 1.807) is 55.4 Å². The molecule has 512 valence electrons. The van der Waals surface area contributed by atoms with Gasteiger partial charge in [0, 0.05) is 83.2 Å². The summed E-state index contributed by atoms with van der Waals surface area (Å²) in [7, 11) is 0. The van der Waals surface area contributed by atoms with E-state index in [4.69, 9.17) is 39.9 Å². The van der Waals surface area contributed by atoms with E-state index in [9.17, 15) is 43.2 Å². The number of carboxylic acids is 1. The van der Waals surface area contributed by atoms with Crippen molar-refractivity contribution in [1.29, 1.82) is 0 Å². The minimum atomic E-state index is -2.95. The second-order valence-corrected chi connectivity index (χ2v) is 24.7. The third-order valence-corrected chi connectivity index (χ3v) is 12.6. The first-order valence-electron chi connectivity index (χ1n) is 39.1. The third kappa shape index (κ3) is 47.4. The van der Waals surface area contributed by atoms with Crippen LogP contribution in [-0.4, -0.2) is 115 Å². The number of ether oxygens (including phenoxy) is 3. The van der Waals surface area contributed by atoms with Crippen molar-refractivity contribution in [2.75, 3.05) is 32.8 Å². The number of nitrogens with one attached hydrogen (secondary N) is 4. The SMILES string of the molecule is C.[2H]C([2H])(C(C)C)[C@H](CC(=O)[C@H]1O[C@@H]1C(=O)OCC)C(=O)NCCC(C)C.[2H]C([2H])(C(C)C)[C@H](CC(=O)[C@H]1O[C@@H]1C(C)=O)C(=O)NCCC(C)C.[2H]C([2H])(C(C)C)[C@H](CC)C(=O)NCCC(C)C.[2H]C([2H])(C(C)C)[C@H](CC)C(=O)O.[2H]C([2H])([2H])C([2H])(C)C([2H])([2H])[C@@]([2H])(CC)C(=O)NCCC(C)C. The third-order valence-electron chi connectivity index (χ3n) is 12.6. The van der Waals surface area contributed by atoms with Gasteiger partial charge in [0.1, 0.15) is 12.2 Å². The van der Waals surface area contributed by atoms with Crippen molar-refractivity contribution in [3.63, 3.8) is 0 Å². The fourth-order valence-corrected chi connectivity index (χ4v) is 7.80. The molecule has 87 heavy (non-hydrogen) atoms. The molecule has 0 saturated carbocycles. The molecule has 0 aromatic carbocycles. The van der Waals surface area contributed by atoms with Crippen LogP contribution in [0.4, 0.5) is 0 Å². The Hall–Kier alpha value is -4.25. The lowest BCUT2D eigenvalue weighted by atomic mass is 9.90. The van der Waals surface area contributed by atoms with Gasteiger partial charge >= 0.3 is 11.9 Å². The predicted molar refractivity (Wildman–Crippen MR) is 354 cm³/mol. The maximum atomic E-state index is 12.5. The van der Waals surface area contributed by atoms with E-state index in [0.717, 1.165) is 26.2 Å². The highest BCUT2D eigenvalue weighted by molar-refractivity contribution is 5.98. The van der Waals surface area contributed by atoms with E-state index in [1.165, 1.54) is 13.8 Å². The van der Waals surface area contributed by atoms with E-state index < -0.39 is 146 Å². The summed E-state index contributed by atoms with van der Waals surface area (Å²) in [6.45, 7) is 38.0. The summed E-state index contributed by atoms with van der Waals surface area (Å²) in [5.74, 6) is -12.8. The molecule has 2 saturated heterocycles. The highest BCUT2D eigenvalue weighted by Gasteiger charge is 2.52. The molecule has 0 aliphatic carbocycles. The Labute approximate surface area is 552 Å². The first-order chi connectivity index (χ1) is 45.7. The number of amides is 4. The average molecular weight is 1250 g/mol. The molecular weight excluding hydrogens is 1100 g/mol. The van der Waals surface area contributed by atoms with Crippen LogP contribution in [0.3, 0.4) is 0 Å². The van der Waals surface area contributed by atoms with Crippen LogP contribution >= 0.6 is 0 Å². The van der Waals surface area contributed by atoms with Crippen molar-refractivity contribution in [1.82, 2.24) is 21.3 Å². The van der Waals surface area contributed by atoms with Crippen LogP contribution in [0.2, 0.25) is 0 Å². The molecule has 1 unspecified atom stereocenters. The van der Waals surface area contributed by atoms with E-state index in [1.807, 2.05) is 62.3 Å². The Balaban J connectivity index is -0.000000599. The lowest BCUT2D eigenvalue weighted by Gasteiger charge is -2.18. The molecule has 5 N–H and O–H groups in total. The Morgan fingerprint density at radius 2 is 0.782 bits per heavy atom. The minimum absolute atomic E-state index is 0. The van der Waals surface area contributed by atoms with Gasteiger partial charge in [0.2, 0.25) is 23.6 Å². The van der Waals surface area contributed by atoms with Gasteiger partial charge in [-0.15, -0.1) is 0 Å². The molecule has 10 atom stereocenters. The number of rotatable bonds is 39. The zero-order valence-corrected chi connectivity index (χ0v) is 57.0. The summed E-state index contributed by atoms with van der Waals surface area (Å²) >= 11 is 0. The van der Waals surface area contributed by atoms with Gasteiger partial charge in [0.15, 0.2) is 29.6 Å². The number of hydrogen-bond acceptors (Lipinski definition) is 12. The molecule has 2 heterocycles. The number of hydrogen-bond donors (Lipinski definition) is 5. The molecule has 2 fully saturated rings. The van der Waals surface area contributed by atoms with Crippen molar-refractivity contribution in [3.8, 4) is 0 Å². The first-order valence-corrected chi connectivity index (χ1v) is 31.6. The summed E-state index contributed by atoms with van der Waals surface area (Å²) in [4.78, 5) is 107. The van der Waals surface area contributed by atoms with Crippen molar-refractivity contribution < 1.29 is 83.0 Å². The minimum Gasteiger partial charge on any atom is -0.481 e. The smallest absolute Gasteiger partial charge is 0.338 e. The molecule has 0 aromatic heterocycles. The van der Waals surface area contributed by atoms with E-state index in [0.29, 0.717) is 62.6 Å². The molecule has 2 aliphatic rings. The van der Waals surface area contributed by atoms with Crippen LogP contribution in [0.5, 0.6) is 0 Å². The van der Waals surface area contributed by atoms with Crippen LogP contribution in [0, 0.1) is 82.8 Å². The second-order valence-electron chi connectivity index (χ2n) is 24.7. The van der Waals surface area contributed by atoms with Crippen LogP contribution < -0.4 is 21.3 Å². The lowest BCUT2D eigenvalue weighted by Crippen LogP contribution is -2.35. The highest BCUT2D eigenvalue weighted by Crippen LogP contribution is 2.30. The Morgan fingerprint density at radius 1 is 0.460 bits per heavy atom. The number of aliphatic carboxylic acids is 1. The van der Waals surface area contributed by atoms with Gasteiger partial charge in [-0.1, -0.05) is 153 Å². The molecule has 0 aromatic rings. The van der Waals surface area contributed by atoms with Crippen molar-refractivity contribution in [3.05, 3.63) is 0 Å². The maximum absolute atomic E-state index is 12.5. The van der Waals surface area contributed by atoms with E-state index in [2.05, 4.69) is 35.1 Å². The lowest BCUT2D eigenvalue weighted by molar-refractivity contribution is -0.145. The standard InChI is InChI=1S/C18H31NO5.C17H29NO4.2C13H27NO.C8H16O2.CH4/c1-6-23-18(22)16-15(24-16)14(20)10-13(9-12(4)5)17(21)19-8-7-11(2)3;1-10(2)6-7-18-17(21)13(8-11(3)4)9-14(20)16-15(22-16)12(5)19;2*1-6-12(9-11(4)5)13(15)14-8-7-10(2)3;1-4-7(8(9)10)5-6(2)3;/h11-13,15-16H,6-10H2,1-5H3,(H,19,21);10-11,13,15-16H,6-9H2,1-5H3,(H,18,21);2*10-12H,6-9H2,1-5H3,(H,14,15);6-7H,4-5H2,1-3H3,(H,9,10);1H4/t13-,15-,16+;13-,15-,16-;2*12-;7-;/m11100./s1/i9D2;8D2;4D3,9D2,11D,12D;9D2;5D2;/t2m;11?,12-;2m;. The fourth-order valence-electron chi connectivity index (χ4n) is 7.80. The molecule has 17 heteroatoms. The molecule has 2 aliphatic heterocycles. The number of carboxylic acid groups (broad SMARTS) is 1. The molecule has 4 amide bonds.